The molecule has 0 saturated carbocycles. The Labute approximate surface area is 83.1 Å². The van der Waals surface area contributed by atoms with Gasteiger partial charge in [0, 0.05) is 0 Å². The minimum absolute atomic E-state index is 0.352. The van der Waals surface area contributed by atoms with Crippen molar-refractivity contribution < 1.29 is 5.11 Å². The molecule has 0 heterocycles. The van der Waals surface area contributed by atoms with Crippen LogP contribution in [0.3, 0.4) is 0 Å². The fourth-order valence-corrected chi connectivity index (χ4v) is 0.966. The van der Waals surface area contributed by atoms with E-state index in [-0.39, 0.29) is 6.23 Å². The van der Waals surface area contributed by atoms with Gasteiger partial charge < -0.3 is 10.0 Å². The van der Waals surface area contributed by atoms with Gasteiger partial charge >= 0.3 is 0 Å². The van der Waals surface area contributed by atoms with E-state index in [0.717, 1.165) is 6.54 Å². The van der Waals surface area contributed by atoms with Gasteiger partial charge in [-0.2, -0.15) is 0 Å². The number of aliphatic hydroxyl groups is 1. The molecule has 2 N–H and O–H groups in total. The standard InChI is InChI=1S/C6H15N.C4H11NO/c1-4-7(5-2)6-3;1-3-5-4(2)6/h4-6H2,1-3H3;4-6H,3H2,1-2H3. The fraction of sp³-hybridized carbons (Fsp3) is 1.00. The van der Waals surface area contributed by atoms with Gasteiger partial charge in [0.2, 0.25) is 0 Å². The van der Waals surface area contributed by atoms with Crippen LogP contribution in [0, 0.1) is 0 Å². The summed E-state index contributed by atoms with van der Waals surface area (Å²) in [4.78, 5) is 2.38. The Balaban J connectivity index is 0. The summed E-state index contributed by atoms with van der Waals surface area (Å²) in [7, 11) is 0. The maximum absolute atomic E-state index is 8.44. The summed E-state index contributed by atoms with van der Waals surface area (Å²) in [5, 5.41) is 11.2. The third-order valence-corrected chi connectivity index (χ3v) is 1.84. The van der Waals surface area contributed by atoms with E-state index in [1.54, 1.807) is 6.92 Å². The summed E-state index contributed by atoms with van der Waals surface area (Å²) in [5.74, 6) is 0. The van der Waals surface area contributed by atoms with Crippen LogP contribution in [-0.4, -0.2) is 42.4 Å². The predicted molar refractivity (Wildman–Crippen MR) is 58.8 cm³/mol. The van der Waals surface area contributed by atoms with Crippen LogP contribution < -0.4 is 5.32 Å². The van der Waals surface area contributed by atoms with Gasteiger partial charge in [-0.1, -0.05) is 27.7 Å². The highest BCUT2D eigenvalue weighted by atomic mass is 16.3. The van der Waals surface area contributed by atoms with Crippen LogP contribution in [0.4, 0.5) is 0 Å². The lowest BCUT2D eigenvalue weighted by atomic mass is 10.5. The van der Waals surface area contributed by atoms with E-state index >= 15 is 0 Å². The summed E-state index contributed by atoms with van der Waals surface area (Å²) in [6.07, 6.45) is -0.352. The summed E-state index contributed by atoms with van der Waals surface area (Å²) in [6.45, 7) is 14.6. The van der Waals surface area contributed by atoms with E-state index in [0.29, 0.717) is 0 Å². The molecule has 0 spiro atoms. The van der Waals surface area contributed by atoms with Crippen molar-refractivity contribution in [2.24, 2.45) is 0 Å². The molecule has 13 heavy (non-hydrogen) atoms. The number of hydrogen-bond acceptors (Lipinski definition) is 3. The highest BCUT2D eigenvalue weighted by molar-refractivity contribution is 4.43. The van der Waals surface area contributed by atoms with Crippen molar-refractivity contribution in [1.29, 1.82) is 0 Å². The Morgan fingerprint density at radius 2 is 1.46 bits per heavy atom. The molecule has 1 atom stereocenters. The molecular weight excluding hydrogens is 164 g/mol. The second kappa shape index (κ2) is 11.9. The van der Waals surface area contributed by atoms with Crippen LogP contribution >= 0.6 is 0 Å². The number of nitrogens with zero attached hydrogens (tertiary/aromatic N) is 1. The van der Waals surface area contributed by atoms with Crippen molar-refractivity contribution >= 4 is 0 Å². The first kappa shape index (κ1) is 15.4. The van der Waals surface area contributed by atoms with Gasteiger partial charge in [-0.15, -0.1) is 0 Å². The Kier molecular flexibility index (Phi) is 14.0. The molecule has 82 valence electrons. The zero-order valence-electron chi connectivity index (χ0n) is 9.80. The Morgan fingerprint density at radius 1 is 1.08 bits per heavy atom. The summed E-state index contributed by atoms with van der Waals surface area (Å²) >= 11 is 0. The SMILES string of the molecule is CCN(CC)CC.CCNC(C)O. The Morgan fingerprint density at radius 3 is 1.46 bits per heavy atom. The second-order valence-corrected chi connectivity index (χ2v) is 2.85. The lowest BCUT2D eigenvalue weighted by Gasteiger charge is -2.13. The number of aliphatic hydroxyl groups excluding tert-OH is 1. The molecule has 0 aromatic heterocycles. The molecule has 0 amide bonds. The first-order valence-corrected chi connectivity index (χ1v) is 5.25. The summed E-state index contributed by atoms with van der Waals surface area (Å²) in [6, 6.07) is 0. The number of nitrogens with one attached hydrogen (secondary N) is 1. The molecule has 3 heteroatoms. The molecule has 0 aliphatic heterocycles. The molecule has 0 bridgehead atoms. The monoisotopic (exact) mass is 190 g/mol. The average molecular weight is 190 g/mol. The van der Waals surface area contributed by atoms with Crippen molar-refractivity contribution in [2.45, 2.75) is 40.8 Å². The van der Waals surface area contributed by atoms with Gasteiger partial charge in [0.25, 0.3) is 0 Å². The lowest BCUT2D eigenvalue weighted by molar-refractivity contribution is 0.159. The molecule has 0 fully saturated rings. The van der Waals surface area contributed by atoms with Crippen LogP contribution in [0.15, 0.2) is 0 Å². The summed E-state index contributed by atoms with van der Waals surface area (Å²) < 4.78 is 0. The van der Waals surface area contributed by atoms with Crippen LogP contribution in [0.5, 0.6) is 0 Å². The normalized spacial score (nSPS) is 12.2. The van der Waals surface area contributed by atoms with Crippen LogP contribution in [-0.2, 0) is 0 Å². The third kappa shape index (κ3) is 14.7. The predicted octanol–water partition coefficient (Wildman–Crippen LogP) is 1.28. The molecule has 0 rings (SSSR count). The number of hydrogen-bond donors (Lipinski definition) is 2. The molecule has 0 radical (unpaired) electrons. The highest BCUT2D eigenvalue weighted by Gasteiger charge is 1.89. The minimum atomic E-state index is -0.352. The van der Waals surface area contributed by atoms with Crippen molar-refractivity contribution in [3.05, 3.63) is 0 Å². The van der Waals surface area contributed by atoms with Crippen molar-refractivity contribution in [1.82, 2.24) is 10.2 Å². The topological polar surface area (TPSA) is 35.5 Å². The van der Waals surface area contributed by atoms with Gasteiger partial charge in [-0.3, -0.25) is 5.32 Å². The van der Waals surface area contributed by atoms with Crippen LogP contribution in [0.1, 0.15) is 34.6 Å². The van der Waals surface area contributed by atoms with Crippen molar-refractivity contribution in [3.8, 4) is 0 Å². The maximum Gasteiger partial charge on any atom is 0.102 e. The third-order valence-electron chi connectivity index (χ3n) is 1.84. The Bertz CT molecular complexity index is 77.5. The zero-order chi connectivity index (χ0) is 10.7. The minimum Gasteiger partial charge on any atom is -0.379 e. The Hall–Kier alpha value is -0.120. The molecule has 0 aliphatic carbocycles. The van der Waals surface area contributed by atoms with Gasteiger partial charge in [0.15, 0.2) is 0 Å². The maximum atomic E-state index is 8.44. The van der Waals surface area contributed by atoms with E-state index in [1.807, 2.05) is 6.92 Å². The van der Waals surface area contributed by atoms with Gasteiger partial charge in [-0.25, -0.2) is 0 Å². The van der Waals surface area contributed by atoms with Crippen LogP contribution in [0.2, 0.25) is 0 Å². The molecule has 0 aromatic carbocycles. The quantitative estimate of drug-likeness (QED) is 0.641. The zero-order valence-corrected chi connectivity index (χ0v) is 9.80. The van der Waals surface area contributed by atoms with Crippen molar-refractivity contribution in [3.63, 3.8) is 0 Å². The van der Waals surface area contributed by atoms with Gasteiger partial charge in [-0.05, 0) is 33.1 Å². The molecular formula is C10H26N2O. The summed E-state index contributed by atoms with van der Waals surface area (Å²) in [5.41, 5.74) is 0. The number of rotatable bonds is 5. The molecule has 0 aromatic rings. The fourth-order valence-electron chi connectivity index (χ4n) is 0.966. The molecule has 0 aliphatic rings. The van der Waals surface area contributed by atoms with Crippen LogP contribution in [0.25, 0.3) is 0 Å². The van der Waals surface area contributed by atoms with Gasteiger partial charge in [0.05, 0.1) is 0 Å². The molecule has 0 saturated heterocycles. The van der Waals surface area contributed by atoms with E-state index in [2.05, 4.69) is 31.0 Å². The largest absolute Gasteiger partial charge is 0.379 e. The van der Waals surface area contributed by atoms with E-state index in [4.69, 9.17) is 5.11 Å². The first-order valence-electron chi connectivity index (χ1n) is 5.25. The lowest BCUT2D eigenvalue weighted by Crippen LogP contribution is -2.24. The average Bonchev–Trinajstić information content (AvgIpc) is 2.08. The highest BCUT2D eigenvalue weighted by Crippen LogP contribution is 1.81. The van der Waals surface area contributed by atoms with E-state index in [9.17, 15) is 0 Å². The first-order chi connectivity index (χ1) is 6.12. The van der Waals surface area contributed by atoms with Crippen molar-refractivity contribution in [2.75, 3.05) is 26.2 Å². The molecule has 3 nitrogen and oxygen atoms in total. The van der Waals surface area contributed by atoms with E-state index < -0.39 is 0 Å². The van der Waals surface area contributed by atoms with Gasteiger partial charge in [0.1, 0.15) is 6.23 Å². The smallest absolute Gasteiger partial charge is 0.102 e. The molecule has 1 unspecified atom stereocenters. The van der Waals surface area contributed by atoms with E-state index in [1.165, 1.54) is 19.6 Å². The second-order valence-electron chi connectivity index (χ2n) is 2.85.